The molecule has 100 valence electrons. The first-order chi connectivity index (χ1) is 8.82. The van der Waals surface area contributed by atoms with Crippen molar-refractivity contribution < 1.29 is 18.7 Å². The second kappa shape index (κ2) is 4.46. The Morgan fingerprint density at radius 1 is 1.26 bits per heavy atom. The number of aromatic carboxylic acids is 1. The van der Waals surface area contributed by atoms with E-state index in [2.05, 4.69) is 10.2 Å². The van der Waals surface area contributed by atoms with Crippen molar-refractivity contribution in [1.29, 1.82) is 0 Å². The van der Waals surface area contributed by atoms with E-state index in [0.717, 1.165) is 12.1 Å². The molecule has 0 aliphatic rings. The van der Waals surface area contributed by atoms with Gasteiger partial charge in [0.1, 0.15) is 0 Å². The molecule has 2 rings (SSSR count). The quantitative estimate of drug-likeness (QED) is 0.897. The van der Waals surface area contributed by atoms with Gasteiger partial charge in [-0.25, -0.2) is 13.6 Å². The fourth-order valence-electron chi connectivity index (χ4n) is 1.79. The lowest BCUT2D eigenvalue weighted by Gasteiger charge is -2.23. The Hall–Kier alpha value is -2.24. The zero-order valence-electron chi connectivity index (χ0n) is 10.4. The van der Waals surface area contributed by atoms with Crippen molar-refractivity contribution in [2.24, 2.45) is 0 Å². The van der Waals surface area contributed by atoms with Gasteiger partial charge in [-0.05, 0) is 23.8 Å². The maximum atomic E-state index is 13.3. The Kier molecular flexibility index (Phi) is 3.09. The summed E-state index contributed by atoms with van der Waals surface area (Å²) in [6.07, 6.45) is 0. The second-order valence-electron chi connectivity index (χ2n) is 4.73. The van der Waals surface area contributed by atoms with E-state index in [9.17, 15) is 13.6 Å². The summed E-state index contributed by atoms with van der Waals surface area (Å²) in [5.41, 5.74) is 0.198. The molecule has 2 N–H and O–H groups in total. The Morgan fingerprint density at radius 2 is 1.95 bits per heavy atom. The second-order valence-corrected chi connectivity index (χ2v) is 4.73. The average Bonchev–Trinajstić information content (AvgIpc) is 2.82. The number of hydrogen-bond donors (Lipinski definition) is 2. The summed E-state index contributed by atoms with van der Waals surface area (Å²) in [5.74, 6) is -3.01. The molecule has 19 heavy (non-hydrogen) atoms. The summed E-state index contributed by atoms with van der Waals surface area (Å²) < 4.78 is 26.2. The first kappa shape index (κ1) is 13.2. The number of benzene rings is 1. The fraction of sp³-hybridized carbons (Fsp3) is 0.231. The van der Waals surface area contributed by atoms with E-state index in [1.165, 1.54) is 12.1 Å². The van der Waals surface area contributed by atoms with Crippen LogP contribution in [0, 0.1) is 11.6 Å². The molecule has 0 unspecified atom stereocenters. The molecule has 2 aromatic rings. The van der Waals surface area contributed by atoms with Gasteiger partial charge in [0, 0.05) is 11.1 Å². The van der Waals surface area contributed by atoms with Gasteiger partial charge in [0.2, 0.25) is 0 Å². The van der Waals surface area contributed by atoms with E-state index in [1.807, 2.05) is 0 Å². The number of H-pyrrole nitrogens is 1. The highest BCUT2D eigenvalue weighted by Crippen LogP contribution is 2.31. The Balaban J connectivity index is 2.45. The molecule has 0 spiro atoms. The van der Waals surface area contributed by atoms with E-state index < -0.39 is 23.0 Å². The summed E-state index contributed by atoms with van der Waals surface area (Å²) in [6, 6.07) is 4.97. The molecule has 0 aliphatic heterocycles. The highest BCUT2D eigenvalue weighted by Gasteiger charge is 2.27. The van der Waals surface area contributed by atoms with Gasteiger partial charge in [-0.3, -0.25) is 5.10 Å². The molecule has 1 heterocycles. The van der Waals surface area contributed by atoms with Crippen molar-refractivity contribution in [2.45, 2.75) is 19.3 Å². The van der Waals surface area contributed by atoms with Gasteiger partial charge in [0.15, 0.2) is 17.3 Å². The van der Waals surface area contributed by atoms with Crippen LogP contribution in [0.15, 0.2) is 24.3 Å². The van der Waals surface area contributed by atoms with Crippen LogP contribution >= 0.6 is 0 Å². The maximum Gasteiger partial charge on any atom is 0.356 e. The number of carboxylic acid groups (broad SMARTS) is 1. The van der Waals surface area contributed by atoms with Crippen LogP contribution in [0.4, 0.5) is 8.78 Å². The Labute approximate surface area is 108 Å². The lowest BCUT2D eigenvalue weighted by Crippen LogP contribution is -2.20. The molecule has 6 heteroatoms. The predicted octanol–water partition coefficient (Wildman–Crippen LogP) is 2.71. The minimum atomic E-state index is -1.15. The molecule has 0 fully saturated rings. The van der Waals surface area contributed by atoms with Gasteiger partial charge in [-0.2, -0.15) is 5.10 Å². The third kappa shape index (κ3) is 2.33. The molecule has 0 bridgehead atoms. The van der Waals surface area contributed by atoms with Crippen molar-refractivity contribution in [1.82, 2.24) is 10.2 Å². The molecular weight excluding hydrogens is 254 g/mol. The minimum Gasteiger partial charge on any atom is -0.476 e. The largest absolute Gasteiger partial charge is 0.476 e. The molecule has 1 aromatic carbocycles. The van der Waals surface area contributed by atoms with E-state index in [1.54, 1.807) is 13.8 Å². The summed E-state index contributed by atoms with van der Waals surface area (Å²) in [4.78, 5) is 10.8. The highest BCUT2D eigenvalue weighted by molar-refractivity contribution is 5.85. The summed E-state index contributed by atoms with van der Waals surface area (Å²) in [7, 11) is 0. The molecule has 4 nitrogen and oxygen atoms in total. The molecule has 0 saturated carbocycles. The molecule has 0 atom stereocenters. The summed E-state index contributed by atoms with van der Waals surface area (Å²) in [6.45, 7) is 3.53. The van der Waals surface area contributed by atoms with Crippen molar-refractivity contribution in [3.63, 3.8) is 0 Å². The third-order valence-electron chi connectivity index (χ3n) is 3.11. The summed E-state index contributed by atoms with van der Waals surface area (Å²) in [5, 5.41) is 15.1. The van der Waals surface area contributed by atoms with Crippen LogP contribution < -0.4 is 0 Å². The van der Waals surface area contributed by atoms with Crippen molar-refractivity contribution in [3.8, 4) is 0 Å². The number of aromatic nitrogens is 2. The number of halogens is 2. The number of carbonyl (C=O) groups is 1. The lowest BCUT2D eigenvalue weighted by molar-refractivity contribution is 0.0690. The van der Waals surface area contributed by atoms with Crippen LogP contribution in [0.1, 0.15) is 35.6 Å². The van der Waals surface area contributed by atoms with Crippen LogP contribution in [0.25, 0.3) is 0 Å². The van der Waals surface area contributed by atoms with Gasteiger partial charge in [-0.1, -0.05) is 19.9 Å². The van der Waals surface area contributed by atoms with Crippen LogP contribution in [0.2, 0.25) is 0 Å². The number of rotatable bonds is 3. The third-order valence-corrected chi connectivity index (χ3v) is 3.11. The molecule has 1 aromatic heterocycles. The van der Waals surface area contributed by atoms with Crippen LogP contribution in [-0.4, -0.2) is 21.3 Å². The van der Waals surface area contributed by atoms with Gasteiger partial charge in [0.25, 0.3) is 0 Å². The van der Waals surface area contributed by atoms with Crippen LogP contribution in [0.5, 0.6) is 0 Å². The molecule has 0 aliphatic carbocycles. The topological polar surface area (TPSA) is 66.0 Å². The predicted molar refractivity (Wildman–Crippen MR) is 64.0 cm³/mol. The maximum absolute atomic E-state index is 13.3. The molecular formula is C13H12F2N2O2. The monoisotopic (exact) mass is 266 g/mol. The van der Waals surface area contributed by atoms with Crippen LogP contribution in [-0.2, 0) is 5.41 Å². The van der Waals surface area contributed by atoms with Gasteiger partial charge in [-0.15, -0.1) is 0 Å². The summed E-state index contributed by atoms with van der Waals surface area (Å²) >= 11 is 0. The smallest absolute Gasteiger partial charge is 0.356 e. The average molecular weight is 266 g/mol. The number of aromatic amines is 1. The SMILES string of the molecule is CC(C)(c1ccc(F)c(F)c1)c1cc(C(=O)O)n[nH]1. The molecule has 0 radical (unpaired) electrons. The van der Waals surface area contributed by atoms with Gasteiger partial charge in [0.05, 0.1) is 0 Å². The van der Waals surface area contributed by atoms with E-state index >= 15 is 0 Å². The normalized spacial score (nSPS) is 11.6. The Bertz CT molecular complexity index is 635. The highest BCUT2D eigenvalue weighted by atomic mass is 19.2. The van der Waals surface area contributed by atoms with E-state index in [0.29, 0.717) is 11.3 Å². The minimum absolute atomic E-state index is 0.120. The van der Waals surface area contributed by atoms with Gasteiger partial charge >= 0.3 is 5.97 Å². The lowest BCUT2D eigenvalue weighted by atomic mass is 9.81. The first-order valence-electron chi connectivity index (χ1n) is 5.57. The van der Waals surface area contributed by atoms with Gasteiger partial charge < -0.3 is 5.11 Å². The number of nitrogens with one attached hydrogen (secondary N) is 1. The number of carboxylic acids is 1. The number of hydrogen-bond acceptors (Lipinski definition) is 2. The van der Waals surface area contributed by atoms with E-state index in [-0.39, 0.29) is 5.69 Å². The van der Waals surface area contributed by atoms with Crippen molar-refractivity contribution >= 4 is 5.97 Å². The zero-order chi connectivity index (χ0) is 14.2. The van der Waals surface area contributed by atoms with Crippen molar-refractivity contribution in [3.05, 3.63) is 52.9 Å². The fourth-order valence-corrected chi connectivity index (χ4v) is 1.79. The first-order valence-corrected chi connectivity index (χ1v) is 5.57. The zero-order valence-corrected chi connectivity index (χ0v) is 10.4. The molecule has 0 saturated heterocycles. The Morgan fingerprint density at radius 3 is 2.47 bits per heavy atom. The van der Waals surface area contributed by atoms with Crippen molar-refractivity contribution in [2.75, 3.05) is 0 Å². The standard InChI is InChI=1S/C13H12F2N2O2/c1-13(2,7-3-4-8(14)9(15)5-7)11-6-10(12(18)19)16-17-11/h3-6H,1-2H3,(H,16,17)(H,18,19). The number of nitrogens with zero attached hydrogens (tertiary/aromatic N) is 1. The van der Waals surface area contributed by atoms with E-state index in [4.69, 9.17) is 5.11 Å². The van der Waals surface area contributed by atoms with Crippen LogP contribution in [0.3, 0.4) is 0 Å². The molecule has 0 amide bonds.